The molecule has 0 spiro atoms. The number of halogens is 1. The maximum Gasteiger partial charge on any atom is 0.325 e. The van der Waals surface area contributed by atoms with E-state index in [1.165, 1.54) is 0 Å². The van der Waals surface area contributed by atoms with Gasteiger partial charge in [0.1, 0.15) is 12.2 Å². The maximum atomic E-state index is 13.9. The summed E-state index contributed by atoms with van der Waals surface area (Å²) in [6, 6.07) is 7.50. The number of carbonyl (C=O) groups is 2. The van der Waals surface area contributed by atoms with Crippen LogP contribution in [0, 0.1) is 6.92 Å². The van der Waals surface area contributed by atoms with Crippen molar-refractivity contribution in [3.05, 3.63) is 46.7 Å². The molecule has 0 bridgehead atoms. The number of benzene rings is 1. The molecule has 4 rings (SSSR count). The average molecular weight is 570 g/mol. The quantitative estimate of drug-likeness (QED) is 0.269. The van der Waals surface area contributed by atoms with Gasteiger partial charge in [0.15, 0.2) is 11.5 Å². The summed E-state index contributed by atoms with van der Waals surface area (Å²) in [5, 5.41) is 1.33. The first-order chi connectivity index (χ1) is 19.2. The number of hydrogen-bond acceptors (Lipinski definition) is 5. The number of urea groups is 1. The third kappa shape index (κ3) is 5.99. The third-order valence-electron chi connectivity index (χ3n) is 7.59. The van der Waals surface area contributed by atoms with Crippen LogP contribution in [0.1, 0.15) is 50.8 Å². The molecule has 0 saturated carbocycles. The van der Waals surface area contributed by atoms with Crippen molar-refractivity contribution < 1.29 is 19.1 Å². The van der Waals surface area contributed by atoms with Crippen molar-refractivity contribution in [2.45, 2.75) is 65.6 Å². The highest BCUT2D eigenvalue weighted by molar-refractivity contribution is 6.36. The smallest absolute Gasteiger partial charge is 0.325 e. The number of unbranched alkanes of at least 4 members (excludes halogenated alkanes) is 2. The summed E-state index contributed by atoms with van der Waals surface area (Å²) in [6.45, 7) is 7.83. The zero-order valence-corrected chi connectivity index (χ0v) is 25.1. The first-order valence-corrected chi connectivity index (χ1v) is 14.3. The van der Waals surface area contributed by atoms with Crippen molar-refractivity contribution in [2.24, 2.45) is 0 Å². The molecule has 40 heavy (non-hydrogen) atoms. The molecule has 0 N–H and O–H groups in total. The molecule has 1 aromatic carbocycles. The molecule has 0 unspecified atom stereocenters. The summed E-state index contributed by atoms with van der Waals surface area (Å²) in [6.07, 6.45) is 5.70. The number of ether oxygens (including phenoxy) is 2. The van der Waals surface area contributed by atoms with Gasteiger partial charge in [0.05, 0.1) is 18.7 Å². The van der Waals surface area contributed by atoms with Gasteiger partial charge in [0, 0.05) is 62.3 Å². The van der Waals surface area contributed by atoms with Crippen molar-refractivity contribution in [3.8, 4) is 11.5 Å². The highest BCUT2D eigenvalue weighted by Gasteiger charge is 2.33. The number of likely N-dealkylation sites (N-methyl/N-ethyl adjacent to an activating group) is 1. The Morgan fingerprint density at radius 1 is 1.20 bits per heavy atom. The Balaban J connectivity index is 1.61. The number of pyridine rings is 1. The fraction of sp³-hybridized carbons (Fsp3) is 0.500. The van der Waals surface area contributed by atoms with Crippen LogP contribution in [0.5, 0.6) is 11.5 Å². The highest BCUT2D eigenvalue weighted by atomic mass is 35.5. The monoisotopic (exact) mass is 569 g/mol. The van der Waals surface area contributed by atoms with Crippen molar-refractivity contribution in [1.29, 1.82) is 0 Å². The molecular formula is C30H40ClN5O4. The van der Waals surface area contributed by atoms with Gasteiger partial charge in [0.25, 0.3) is 0 Å². The van der Waals surface area contributed by atoms with Crippen LogP contribution in [0.4, 0.5) is 10.5 Å². The van der Waals surface area contributed by atoms with Crippen LogP contribution in [0.15, 0.2) is 30.5 Å². The van der Waals surface area contributed by atoms with E-state index in [1.807, 2.05) is 40.7 Å². The van der Waals surface area contributed by atoms with Crippen LogP contribution in [-0.2, 0) is 17.9 Å². The van der Waals surface area contributed by atoms with E-state index in [1.54, 1.807) is 37.2 Å². The molecule has 9 nitrogen and oxygen atoms in total. The van der Waals surface area contributed by atoms with E-state index in [2.05, 4.69) is 18.8 Å². The van der Waals surface area contributed by atoms with Crippen LogP contribution in [0.3, 0.4) is 0 Å². The molecule has 0 radical (unpaired) electrons. The summed E-state index contributed by atoms with van der Waals surface area (Å²) in [5.74, 6) is 1.24. The minimum atomic E-state index is -0.0825. The molecule has 3 amide bonds. The van der Waals surface area contributed by atoms with E-state index < -0.39 is 0 Å². The molecule has 1 atom stereocenters. The number of fused-ring (bicyclic) bond motifs is 1. The van der Waals surface area contributed by atoms with Gasteiger partial charge >= 0.3 is 6.03 Å². The van der Waals surface area contributed by atoms with Crippen molar-refractivity contribution in [2.75, 3.05) is 39.3 Å². The van der Waals surface area contributed by atoms with Gasteiger partial charge < -0.3 is 23.8 Å². The lowest BCUT2D eigenvalue weighted by Gasteiger charge is -2.40. The van der Waals surface area contributed by atoms with Gasteiger partial charge in [-0.25, -0.2) is 9.78 Å². The largest absolute Gasteiger partial charge is 0.493 e. The van der Waals surface area contributed by atoms with Gasteiger partial charge in [-0.15, -0.1) is 0 Å². The fourth-order valence-electron chi connectivity index (χ4n) is 5.03. The highest BCUT2D eigenvalue weighted by Crippen LogP contribution is 2.36. The lowest BCUT2D eigenvalue weighted by atomic mass is 10.1. The van der Waals surface area contributed by atoms with E-state index >= 15 is 0 Å². The first kappa shape index (κ1) is 29.5. The number of methoxy groups -OCH3 is 1. The molecular weight excluding hydrogens is 530 g/mol. The Bertz CT molecular complexity index is 1370. The second kappa shape index (κ2) is 12.8. The second-order valence-corrected chi connectivity index (χ2v) is 10.9. The summed E-state index contributed by atoms with van der Waals surface area (Å²) in [5.41, 5.74) is 3.08. The number of aromatic nitrogens is 2. The Kier molecular flexibility index (Phi) is 9.45. The molecule has 1 aliphatic rings. The molecule has 10 heteroatoms. The topological polar surface area (TPSA) is 80.1 Å². The molecule has 3 heterocycles. The molecule has 1 aliphatic heterocycles. The number of amides is 3. The minimum absolute atomic E-state index is 0.0345. The molecule has 0 aliphatic carbocycles. The maximum absolute atomic E-state index is 13.9. The Hall–Kier alpha value is -3.46. The van der Waals surface area contributed by atoms with E-state index in [0.717, 1.165) is 48.0 Å². The van der Waals surface area contributed by atoms with Crippen molar-refractivity contribution in [1.82, 2.24) is 19.4 Å². The van der Waals surface area contributed by atoms with E-state index in [-0.39, 0.29) is 24.5 Å². The molecule has 2 aromatic heterocycles. The summed E-state index contributed by atoms with van der Waals surface area (Å²) in [4.78, 5) is 36.2. The van der Waals surface area contributed by atoms with Gasteiger partial charge in [-0.2, -0.15) is 0 Å². The van der Waals surface area contributed by atoms with E-state index in [9.17, 15) is 9.59 Å². The SMILES string of the molecule is CCCCCOc1cc(N2CC[C@H](C)N(Cc3ccnc4c3c(Cl)c(C)n4CC(=O)N(C)C)C2=O)ccc1OC. The van der Waals surface area contributed by atoms with Crippen molar-refractivity contribution >= 4 is 40.3 Å². The summed E-state index contributed by atoms with van der Waals surface area (Å²) >= 11 is 6.81. The number of hydrogen-bond donors (Lipinski definition) is 0. The lowest BCUT2D eigenvalue weighted by molar-refractivity contribution is -0.129. The van der Waals surface area contributed by atoms with Gasteiger partial charge in [-0.05, 0) is 50.5 Å². The minimum Gasteiger partial charge on any atom is -0.493 e. The molecule has 216 valence electrons. The standard InChI is InChI=1S/C30H40ClN5O4/c1-7-8-9-16-40-25-17-23(10-11-24(25)39-6)34-15-13-20(2)35(30(34)38)18-22-12-14-32-29-27(22)28(31)21(3)36(29)19-26(37)33(4)5/h10-12,14,17,20H,7-9,13,15-16,18-19H2,1-6H3/t20-/m0/s1. The van der Waals surface area contributed by atoms with Crippen LogP contribution in [0.2, 0.25) is 5.02 Å². The second-order valence-electron chi connectivity index (χ2n) is 10.5. The van der Waals surface area contributed by atoms with E-state index in [0.29, 0.717) is 41.9 Å². The van der Waals surface area contributed by atoms with Crippen LogP contribution < -0.4 is 14.4 Å². The van der Waals surface area contributed by atoms with Crippen LogP contribution in [0.25, 0.3) is 11.0 Å². The Morgan fingerprint density at radius 2 is 1.98 bits per heavy atom. The predicted molar refractivity (Wildman–Crippen MR) is 159 cm³/mol. The van der Waals surface area contributed by atoms with Crippen LogP contribution in [-0.4, -0.2) is 71.7 Å². The Morgan fingerprint density at radius 3 is 2.67 bits per heavy atom. The van der Waals surface area contributed by atoms with Gasteiger partial charge in [-0.1, -0.05) is 31.4 Å². The predicted octanol–water partition coefficient (Wildman–Crippen LogP) is 5.88. The zero-order chi connectivity index (χ0) is 29.0. The Labute approximate surface area is 241 Å². The first-order valence-electron chi connectivity index (χ1n) is 13.9. The number of rotatable bonds is 11. The number of anilines is 1. The number of carbonyl (C=O) groups excluding carboxylic acids is 2. The van der Waals surface area contributed by atoms with Crippen LogP contribution >= 0.6 is 11.6 Å². The molecule has 1 fully saturated rings. The van der Waals surface area contributed by atoms with Gasteiger partial charge in [-0.3, -0.25) is 9.69 Å². The van der Waals surface area contributed by atoms with E-state index in [4.69, 9.17) is 21.1 Å². The normalized spacial score (nSPS) is 15.6. The number of nitrogens with zero attached hydrogens (tertiary/aromatic N) is 5. The molecule has 3 aromatic rings. The summed E-state index contributed by atoms with van der Waals surface area (Å²) < 4.78 is 13.4. The molecule has 1 saturated heterocycles. The average Bonchev–Trinajstić information content (AvgIpc) is 3.18. The third-order valence-corrected chi connectivity index (χ3v) is 8.05. The van der Waals surface area contributed by atoms with Crippen molar-refractivity contribution in [3.63, 3.8) is 0 Å². The van der Waals surface area contributed by atoms with Gasteiger partial charge in [0.2, 0.25) is 5.91 Å². The fourth-order valence-corrected chi connectivity index (χ4v) is 5.34. The lowest BCUT2D eigenvalue weighted by Crippen LogP contribution is -2.53. The zero-order valence-electron chi connectivity index (χ0n) is 24.4. The summed E-state index contributed by atoms with van der Waals surface area (Å²) in [7, 11) is 5.07.